The molecule has 2 amide bonds. The SMILES string of the molecule is CN(C)C(=O)CCC(=O)N1CCCC(c2nccn2CC2CCC2)C1. The van der Waals surface area contributed by atoms with Gasteiger partial charge in [0.1, 0.15) is 5.82 Å². The first-order chi connectivity index (χ1) is 12.0. The van der Waals surface area contributed by atoms with Crippen molar-refractivity contribution in [1.29, 1.82) is 0 Å². The summed E-state index contributed by atoms with van der Waals surface area (Å²) in [6.45, 7) is 2.60. The second-order valence-electron chi connectivity index (χ2n) is 7.70. The van der Waals surface area contributed by atoms with Crippen LogP contribution in [-0.2, 0) is 16.1 Å². The van der Waals surface area contributed by atoms with E-state index in [0.29, 0.717) is 18.8 Å². The van der Waals surface area contributed by atoms with E-state index >= 15 is 0 Å². The number of carbonyl (C=O) groups is 2. The number of nitrogens with zero attached hydrogens (tertiary/aromatic N) is 4. The first-order valence-corrected chi connectivity index (χ1v) is 9.53. The molecule has 2 fully saturated rings. The van der Waals surface area contributed by atoms with E-state index in [1.165, 1.54) is 19.3 Å². The Hall–Kier alpha value is -1.85. The number of amides is 2. The minimum atomic E-state index is 0.0120. The van der Waals surface area contributed by atoms with Gasteiger partial charge in [0.25, 0.3) is 0 Å². The van der Waals surface area contributed by atoms with Crippen LogP contribution in [0.5, 0.6) is 0 Å². The lowest BCUT2D eigenvalue weighted by Crippen LogP contribution is -2.40. The van der Waals surface area contributed by atoms with Crippen LogP contribution >= 0.6 is 0 Å². The average Bonchev–Trinajstić information content (AvgIpc) is 3.04. The van der Waals surface area contributed by atoms with E-state index in [2.05, 4.69) is 15.7 Å². The van der Waals surface area contributed by atoms with Gasteiger partial charge in [0, 0.05) is 64.9 Å². The average molecular weight is 346 g/mol. The number of rotatable bonds is 6. The van der Waals surface area contributed by atoms with E-state index < -0.39 is 0 Å². The fourth-order valence-corrected chi connectivity index (χ4v) is 3.80. The minimum absolute atomic E-state index is 0.0120. The van der Waals surface area contributed by atoms with Crippen LogP contribution in [0, 0.1) is 5.92 Å². The maximum absolute atomic E-state index is 12.5. The molecule has 1 aromatic rings. The lowest BCUT2D eigenvalue weighted by atomic mass is 9.85. The van der Waals surface area contributed by atoms with Crippen molar-refractivity contribution < 1.29 is 9.59 Å². The zero-order valence-corrected chi connectivity index (χ0v) is 15.5. The first-order valence-electron chi connectivity index (χ1n) is 9.53. The molecule has 2 aliphatic rings. The van der Waals surface area contributed by atoms with Gasteiger partial charge < -0.3 is 14.4 Å². The van der Waals surface area contributed by atoms with Gasteiger partial charge in [-0.05, 0) is 31.6 Å². The minimum Gasteiger partial charge on any atom is -0.349 e. The predicted molar refractivity (Wildman–Crippen MR) is 96.1 cm³/mol. The third kappa shape index (κ3) is 4.41. The predicted octanol–water partition coefficient (Wildman–Crippen LogP) is 2.26. The van der Waals surface area contributed by atoms with Gasteiger partial charge >= 0.3 is 0 Å². The summed E-state index contributed by atoms with van der Waals surface area (Å²) in [5, 5.41) is 0. The Morgan fingerprint density at radius 2 is 2.00 bits per heavy atom. The van der Waals surface area contributed by atoms with E-state index in [-0.39, 0.29) is 11.8 Å². The molecule has 1 saturated carbocycles. The number of imidazole rings is 1. The normalized spacial score (nSPS) is 21.0. The van der Waals surface area contributed by atoms with Gasteiger partial charge in [0.05, 0.1) is 0 Å². The molecule has 1 atom stereocenters. The van der Waals surface area contributed by atoms with Crippen LogP contribution in [-0.4, -0.2) is 58.4 Å². The Balaban J connectivity index is 1.56. The number of hydrogen-bond acceptors (Lipinski definition) is 3. The topological polar surface area (TPSA) is 58.4 Å². The molecule has 1 aliphatic heterocycles. The van der Waals surface area contributed by atoms with Crippen molar-refractivity contribution in [2.24, 2.45) is 5.92 Å². The molecule has 1 unspecified atom stereocenters. The highest BCUT2D eigenvalue weighted by atomic mass is 16.2. The number of carbonyl (C=O) groups excluding carboxylic acids is 2. The standard InChI is InChI=1S/C19H30N4O2/c1-21(2)17(24)8-9-18(25)22-11-4-7-16(14-22)19-20-10-12-23(19)13-15-5-3-6-15/h10,12,15-16H,3-9,11,13-14H2,1-2H3. The Morgan fingerprint density at radius 3 is 2.68 bits per heavy atom. The van der Waals surface area contributed by atoms with E-state index in [4.69, 9.17) is 0 Å². The Bertz CT molecular complexity index is 606. The monoisotopic (exact) mass is 346 g/mol. The zero-order valence-electron chi connectivity index (χ0n) is 15.5. The molecule has 0 radical (unpaired) electrons. The van der Waals surface area contributed by atoms with Crippen molar-refractivity contribution >= 4 is 11.8 Å². The highest BCUT2D eigenvalue weighted by molar-refractivity contribution is 5.83. The molecule has 138 valence electrons. The summed E-state index contributed by atoms with van der Waals surface area (Å²) >= 11 is 0. The van der Waals surface area contributed by atoms with Gasteiger partial charge in [0.15, 0.2) is 0 Å². The van der Waals surface area contributed by atoms with Crippen molar-refractivity contribution in [2.75, 3.05) is 27.2 Å². The smallest absolute Gasteiger partial charge is 0.223 e. The van der Waals surface area contributed by atoms with Crippen molar-refractivity contribution in [2.45, 2.75) is 57.4 Å². The molecule has 0 aromatic carbocycles. The van der Waals surface area contributed by atoms with E-state index in [0.717, 1.165) is 44.2 Å². The van der Waals surface area contributed by atoms with Gasteiger partial charge in [-0.2, -0.15) is 0 Å². The lowest BCUT2D eigenvalue weighted by Gasteiger charge is -2.34. The number of piperidine rings is 1. The second kappa shape index (κ2) is 8.02. The third-order valence-electron chi connectivity index (χ3n) is 5.62. The Kier molecular flexibility index (Phi) is 5.76. The van der Waals surface area contributed by atoms with Crippen molar-refractivity contribution in [3.05, 3.63) is 18.2 Å². The van der Waals surface area contributed by atoms with Gasteiger partial charge in [-0.1, -0.05) is 6.42 Å². The molecule has 2 heterocycles. The fourth-order valence-electron chi connectivity index (χ4n) is 3.80. The molecular formula is C19H30N4O2. The van der Waals surface area contributed by atoms with E-state index in [1.54, 1.807) is 19.0 Å². The van der Waals surface area contributed by atoms with Crippen molar-refractivity contribution in [3.63, 3.8) is 0 Å². The summed E-state index contributed by atoms with van der Waals surface area (Å²) in [4.78, 5) is 32.3. The molecule has 6 heteroatoms. The largest absolute Gasteiger partial charge is 0.349 e. The van der Waals surface area contributed by atoms with Crippen LogP contribution in [0.3, 0.4) is 0 Å². The van der Waals surface area contributed by atoms with Gasteiger partial charge in [-0.15, -0.1) is 0 Å². The molecule has 0 bridgehead atoms. The van der Waals surface area contributed by atoms with Crippen LogP contribution in [0.1, 0.15) is 56.7 Å². The maximum Gasteiger partial charge on any atom is 0.223 e. The number of hydrogen-bond donors (Lipinski definition) is 0. The van der Waals surface area contributed by atoms with E-state index in [1.807, 2.05) is 11.1 Å². The molecule has 1 aliphatic carbocycles. The maximum atomic E-state index is 12.5. The summed E-state index contributed by atoms with van der Waals surface area (Å²) < 4.78 is 2.30. The summed E-state index contributed by atoms with van der Waals surface area (Å²) in [6.07, 6.45) is 10.7. The molecule has 1 aromatic heterocycles. The molecule has 3 rings (SSSR count). The molecule has 0 N–H and O–H groups in total. The highest BCUT2D eigenvalue weighted by Gasteiger charge is 2.28. The van der Waals surface area contributed by atoms with Crippen molar-refractivity contribution in [3.8, 4) is 0 Å². The summed E-state index contributed by atoms with van der Waals surface area (Å²) in [7, 11) is 3.46. The van der Waals surface area contributed by atoms with Crippen LogP contribution in [0.15, 0.2) is 12.4 Å². The molecule has 1 saturated heterocycles. The second-order valence-corrected chi connectivity index (χ2v) is 7.70. The van der Waals surface area contributed by atoms with Crippen LogP contribution in [0.25, 0.3) is 0 Å². The molecule has 0 spiro atoms. The summed E-state index contributed by atoms with van der Waals surface area (Å²) in [5.41, 5.74) is 0. The number of aromatic nitrogens is 2. The molecule has 6 nitrogen and oxygen atoms in total. The Morgan fingerprint density at radius 1 is 1.20 bits per heavy atom. The molecule has 25 heavy (non-hydrogen) atoms. The Labute approximate surface area is 150 Å². The quantitative estimate of drug-likeness (QED) is 0.794. The zero-order chi connectivity index (χ0) is 17.8. The summed E-state index contributed by atoms with van der Waals surface area (Å²) in [6, 6.07) is 0. The van der Waals surface area contributed by atoms with Crippen LogP contribution in [0.4, 0.5) is 0 Å². The summed E-state index contributed by atoms with van der Waals surface area (Å²) in [5.74, 6) is 2.35. The first kappa shape index (κ1) is 18.0. The lowest BCUT2D eigenvalue weighted by molar-refractivity contribution is -0.136. The van der Waals surface area contributed by atoms with Gasteiger partial charge in [0.2, 0.25) is 11.8 Å². The van der Waals surface area contributed by atoms with Crippen LogP contribution in [0.2, 0.25) is 0 Å². The highest BCUT2D eigenvalue weighted by Crippen LogP contribution is 2.31. The van der Waals surface area contributed by atoms with Gasteiger partial charge in [-0.25, -0.2) is 4.98 Å². The van der Waals surface area contributed by atoms with Crippen molar-refractivity contribution in [1.82, 2.24) is 19.4 Å². The third-order valence-corrected chi connectivity index (χ3v) is 5.62. The van der Waals surface area contributed by atoms with Crippen LogP contribution < -0.4 is 0 Å². The number of likely N-dealkylation sites (tertiary alicyclic amines) is 1. The van der Waals surface area contributed by atoms with Gasteiger partial charge in [-0.3, -0.25) is 9.59 Å². The van der Waals surface area contributed by atoms with E-state index in [9.17, 15) is 9.59 Å². The molecular weight excluding hydrogens is 316 g/mol. The fraction of sp³-hybridized carbons (Fsp3) is 0.737.